The molecular weight excluding hydrogens is 444 g/mol. The molecule has 0 radical (unpaired) electrons. The van der Waals surface area contributed by atoms with E-state index in [0.29, 0.717) is 0 Å². The molecule has 0 aromatic carbocycles. The number of nitrogens with one attached hydrogen (secondary N) is 1. The number of carbonyl (C=O) groups excluding carboxylic acids is 1. The largest absolute Gasteiger partial charge is 0.416 e. The molecule has 0 aromatic heterocycles. The Morgan fingerprint density at radius 3 is 2.45 bits per heavy atom. The number of halogens is 6. The van der Waals surface area contributed by atoms with Crippen LogP contribution in [0.3, 0.4) is 0 Å². The van der Waals surface area contributed by atoms with Gasteiger partial charge in [0.2, 0.25) is 0 Å². The lowest BCUT2D eigenvalue weighted by Gasteiger charge is -2.13. The van der Waals surface area contributed by atoms with E-state index in [9.17, 15) is 31.1 Å². The Hall–Kier alpha value is -3.03. The molecule has 33 heavy (non-hydrogen) atoms. The molecule has 0 atom stereocenters. The minimum Gasteiger partial charge on any atom is -0.323 e. The van der Waals surface area contributed by atoms with Gasteiger partial charge in [-0.3, -0.25) is 4.79 Å². The topological polar surface area (TPSA) is 29.1 Å². The van der Waals surface area contributed by atoms with Gasteiger partial charge in [-0.1, -0.05) is 42.5 Å². The monoisotopic (exact) mass is 471 g/mol. The smallest absolute Gasteiger partial charge is 0.323 e. The summed E-state index contributed by atoms with van der Waals surface area (Å²) in [5.74, 6) is -3.30. The first-order chi connectivity index (χ1) is 15.4. The van der Waals surface area contributed by atoms with Crippen LogP contribution in [0.15, 0.2) is 94.6 Å². The van der Waals surface area contributed by atoms with Gasteiger partial charge in [-0.25, -0.2) is 13.2 Å². The predicted molar refractivity (Wildman–Crippen MR) is 119 cm³/mol. The zero-order valence-corrected chi connectivity index (χ0v) is 18.8. The number of hydrogen-bond acceptors (Lipinski definition) is 1. The average molecular weight is 471 g/mol. The van der Waals surface area contributed by atoms with Gasteiger partial charge in [-0.15, -0.1) is 0 Å². The average Bonchev–Trinajstić information content (AvgIpc) is 2.71. The van der Waals surface area contributed by atoms with Crippen LogP contribution in [0.4, 0.5) is 26.3 Å². The van der Waals surface area contributed by atoms with Crippen molar-refractivity contribution in [1.82, 2.24) is 5.32 Å². The SMILES string of the molecule is C=C(C=C(F)C(=CC)CCC(C)=C(C=CC)C(F)(F)F)NC(=O)C1=C(F)CC=CC=C(F)C1. The van der Waals surface area contributed by atoms with Crippen molar-refractivity contribution < 1.29 is 31.1 Å². The van der Waals surface area contributed by atoms with Gasteiger partial charge in [-0.05, 0) is 51.3 Å². The quantitative estimate of drug-likeness (QED) is 0.281. The van der Waals surface area contributed by atoms with Crippen LogP contribution < -0.4 is 5.32 Å². The van der Waals surface area contributed by atoms with Gasteiger partial charge in [0.1, 0.15) is 17.5 Å². The Kier molecular flexibility index (Phi) is 10.9. The van der Waals surface area contributed by atoms with Crippen molar-refractivity contribution in [3.63, 3.8) is 0 Å². The number of hydrogen-bond donors (Lipinski definition) is 1. The number of alkyl halides is 3. The summed E-state index contributed by atoms with van der Waals surface area (Å²) in [6.45, 7) is 7.83. The Morgan fingerprint density at radius 2 is 1.88 bits per heavy atom. The first kappa shape index (κ1) is 28.0. The number of rotatable bonds is 8. The highest BCUT2D eigenvalue weighted by atomic mass is 19.4. The normalized spacial score (nSPS) is 16.9. The van der Waals surface area contributed by atoms with Crippen LogP contribution in [0.1, 0.15) is 46.5 Å². The molecule has 0 aromatic rings. The molecule has 0 aliphatic heterocycles. The molecule has 0 fully saturated rings. The maximum absolute atomic E-state index is 14.7. The molecule has 0 spiro atoms. The molecule has 2 nitrogen and oxygen atoms in total. The van der Waals surface area contributed by atoms with E-state index >= 15 is 0 Å². The minimum absolute atomic E-state index is 0.0227. The van der Waals surface area contributed by atoms with E-state index in [1.165, 1.54) is 45.1 Å². The van der Waals surface area contributed by atoms with Gasteiger partial charge in [0.25, 0.3) is 5.91 Å². The number of allylic oxidation sites excluding steroid dienone is 13. The summed E-state index contributed by atoms with van der Waals surface area (Å²) in [6, 6.07) is 0. The van der Waals surface area contributed by atoms with E-state index in [0.717, 1.165) is 18.2 Å². The Morgan fingerprint density at radius 1 is 1.21 bits per heavy atom. The van der Waals surface area contributed by atoms with Crippen LogP contribution in [-0.2, 0) is 4.79 Å². The molecule has 1 N–H and O–H groups in total. The molecule has 1 amide bonds. The zero-order valence-electron chi connectivity index (χ0n) is 18.8. The standard InChI is InChI=1S/C25H27F6NO/c1-5-9-21(25(29,30)31)16(3)12-13-18(6-2)23(28)14-17(4)32-24(33)20-15-19(26)10-7-8-11-22(20)27/h5-10,14H,4,11-13,15H2,1-3H3,(H,32,33). The third-order valence-electron chi connectivity index (χ3n) is 4.76. The van der Waals surface area contributed by atoms with Crippen molar-refractivity contribution in [3.05, 3.63) is 94.6 Å². The Balaban J connectivity index is 2.93. The Bertz CT molecular complexity index is 971. The Labute approximate surface area is 190 Å². The van der Waals surface area contributed by atoms with Crippen LogP contribution in [-0.4, -0.2) is 12.1 Å². The van der Waals surface area contributed by atoms with Gasteiger partial charge in [0.05, 0.1) is 11.1 Å². The molecule has 0 saturated carbocycles. The van der Waals surface area contributed by atoms with Crippen LogP contribution in [0.25, 0.3) is 0 Å². The fraction of sp³-hybridized carbons (Fsp3) is 0.320. The lowest BCUT2D eigenvalue weighted by Crippen LogP contribution is -2.24. The van der Waals surface area contributed by atoms with E-state index in [2.05, 4.69) is 11.9 Å². The fourth-order valence-corrected chi connectivity index (χ4v) is 3.00. The zero-order chi connectivity index (χ0) is 25.2. The second-order valence-electron chi connectivity index (χ2n) is 7.28. The van der Waals surface area contributed by atoms with Crippen molar-refractivity contribution in [2.24, 2.45) is 0 Å². The van der Waals surface area contributed by atoms with Crippen LogP contribution in [0, 0.1) is 0 Å². The number of amides is 1. The van der Waals surface area contributed by atoms with Crippen LogP contribution >= 0.6 is 0 Å². The van der Waals surface area contributed by atoms with Crippen molar-refractivity contribution in [1.29, 1.82) is 0 Å². The minimum atomic E-state index is -4.52. The van der Waals surface area contributed by atoms with Crippen LogP contribution in [0.2, 0.25) is 0 Å². The molecule has 1 rings (SSSR count). The third kappa shape index (κ3) is 9.16. The summed E-state index contributed by atoms with van der Waals surface area (Å²) in [5.41, 5.74) is -1.26. The maximum Gasteiger partial charge on any atom is 0.416 e. The van der Waals surface area contributed by atoms with Crippen molar-refractivity contribution >= 4 is 5.91 Å². The lowest BCUT2D eigenvalue weighted by molar-refractivity contribution is -0.117. The first-order valence-corrected chi connectivity index (χ1v) is 10.2. The predicted octanol–water partition coefficient (Wildman–Crippen LogP) is 8.08. The second kappa shape index (κ2) is 12.9. The lowest BCUT2D eigenvalue weighted by atomic mass is 9.99. The van der Waals surface area contributed by atoms with Crippen molar-refractivity contribution in [2.45, 2.75) is 52.6 Å². The molecule has 1 aliphatic rings. The highest BCUT2D eigenvalue weighted by Crippen LogP contribution is 2.32. The molecule has 0 saturated heterocycles. The third-order valence-corrected chi connectivity index (χ3v) is 4.76. The van der Waals surface area contributed by atoms with Gasteiger partial charge in [0, 0.05) is 18.5 Å². The fourth-order valence-electron chi connectivity index (χ4n) is 3.00. The van der Waals surface area contributed by atoms with Crippen molar-refractivity contribution in [2.75, 3.05) is 0 Å². The van der Waals surface area contributed by atoms with Gasteiger partial charge >= 0.3 is 6.18 Å². The summed E-state index contributed by atoms with van der Waals surface area (Å²) in [7, 11) is 0. The highest BCUT2D eigenvalue weighted by Gasteiger charge is 2.33. The molecule has 8 heteroatoms. The van der Waals surface area contributed by atoms with E-state index in [4.69, 9.17) is 0 Å². The second-order valence-corrected chi connectivity index (χ2v) is 7.28. The van der Waals surface area contributed by atoms with Gasteiger partial charge < -0.3 is 5.32 Å². The summed E-state index contributed by atoms with van der Waals surface area (Å²) >= 11 is 0. The van der Waals surface area contributed by atoms with Gasteiger partial charge in [-0.2, -0.15) is 13.2 Å². The molecule has 0 bridgehead atoms. The molecular formula is C25H27F6NO. The molecule has 1 aliphatic carbocycles. The van der Waals surface area contributed by atoms with E-state index in [-0.39, 0.29) is 36.1 Å². The first-order valence-electron chi connectivity index (χ1n) is 10.2. The van der Waals surface area contributed by atoms with E-state index < -0.39 is 47.1 Å². The summed E-state index contributed by atoms with van der Waals surface area (Å²) in [5, 5.41) is 2.22. The van der Waals surface area contributed by atoms with Gasteiger partial charge in [0.15, 0.2) is 0 Å². The maximum atomic E-state index is 14.7. The highest BCUT2D eigenvalue weighted by molar-refractivity contribution is 5.95. The van der Waals surface area contributed by atoms with E-state index in [1.54, 1.807) is 0 Å². The summed E-state index contributed by atoms with van der Waals surface area (Å²) in [4.78, 5) is 12.3. The van der Waals surface area contributed by atoms with Crippen molar-refractivity contribution in [3.8, 4) is 0 Å². The van der Waals surface area contributed by atoms with E-state index in [1.807, 2.05) is 0 Å². The molecule has 0 unspecified atom stereocenters. The summed E-state index contributed by atoms with van der Waals surface area (Å²) < 4.78 is 81.9. The number of carbonyl (C=O) groups is 1. The molecule has 180 valence electrons. The summed E-state index contributed by atoms with van der Waals surface area (Å²) in [6.07, 6.45) is 3.00. The molecule has 0 heterocycles. The van der Waals surface area contributed by atoms with Crippen LogP contribution in [0.5, 0.6) is 0 Å².